The average molecular weight is 631 g/mol. The fourth-order valence-electron chi connectivity index (χ4n) is 5.31. The lowest BCUT2D eigenvalue weighted by molar-refractivity contribution is -0.121. The van der Waals surface area contributed by atoms with Crippen molar-refractivity contribution in [2.24, 2.45) is 0 Å². The van der Waals surface area contributed by atoms with E-state index >= 15 is 0 Å². The molecule has 2 rings (SSSR count). The maximum atomic E-state index is 12.7. The van der Waals surface area contributed by atoms with Gasteiger partial charge >= 0.3 is 7.60 Å². The zero-order valence-electron chi connectivity index (χ0n) is 27.4. The molecule has 1 amide bonds. The molecule has 9 heteroatoms. The highest BCUT2D eigenvalue weighted by Crippen LogP contribution is 2.36. The van der Waals surface area contributed by atoms with Crippen LogP contribution in [0.2, 0.25) is 0 Å². The second-order valence-corrected chi connectivity index (χ2v) is 13.3. The van der Waals surface area contributed by atoms with Crippen LogP contribution < -0.4 is 14.8 Å². The van der Waals surface area contributed by atoms with Crippen LogP contribution in [-0.4, -0.2) is 33.8 Å². The van der Waals surface area contributed by atoms with E-state index in [1.54, 1.807) is 13.3 Å². The quantitative estimate of drug-likeness (QED) is 0.0832. The minimum absolute atomic E-state index is 0.107. The molecule has 1 aromatic heterocycles. The molecule has 2 aromatic rings. The summed E-state index contributed by atoms with van der Waals surface area (Å²) < 4.78 is 22.9. The van der Waals surface area contributed by atoms with Crippen LogP contribution in [0.4, 0.5) is 0 Å². The third-order valence-electron chi connectivity index (χ3n) is 7.87. The second kappa shape index (κ2) is 21.1. The molecule has 1 heterocycles. The van der Waals surface area contributed by atoms with Crippen LogP contribution in [0.3, 0.4) is 0 Å². The van der Waals surface area contributed by atoms with Crippen molar-refractivity contribution in [1.29, 1.82) is 0 Å². The maximum Gasteiger partial charge on any atom is 0.348 e. The van der Waals surface area contributed by atoms with E-state index in [1.807, 2.05) is 38.1 Å². The fraction of sp³-hybridized carbons (Fsp3) is 0.600. The fourth-order valence-corrected chi connectivity index (χ4v) is 5.74. The first-order valence-corrected chi connectivity index (χ1v) is 18.1. The molecule has 44 heavy (non-hydrogen) atoms. The van der Waals surface area contributed by atoms with Crippen molar-refractivity contribution in [2.75, 3.05) is 7.11 Å². The summed E-state index contributed by atoms with van der Waals surface area (Å²) in [6.45, 7) is 6.46. The van der Waals surface area contributed by atoms with Gasteiger partial charge < -0.3 is 24.6 Å². The van der Waals surface area contributed by atoms with Gasteiger partial charge in [0.05, 0.1) is 18.8 Å². The molecule has 3 N–H and O–H groups in total. The molecule has 1 aromatic carbocycles. The highest BCUT2D eigenvalue weighted by atomic mass is 31.2. The Balaban J connectivity index is 1.76. The summed E-state index contributed by atoms with van der Waals surface area (Å²) in [5.74, 6) is 2.23. The molecule has 1 atom stereocenters. The Labute approximate surface area is 265 Å². The zero-order valence-corrected chi connectivity index (χ0v) is 28.2. The SMILES string of the molecule is CCCCCCCCCCCCCCCC(=O)N[C@@H](/C=C/P(=O)(O)O)Cc1ccc(OCc2ncc(C)c(OC)c2C)cc1. The van der Waals surface area contributed by atoms with Gasteiger partial charge in [-0.2, -0.15) is 0 Å². The number of aromatic nitrogens is 1. The Hall–Kier alpha value is -2.67. The van der Waals surface area contributed by atoms with E-state index in [1.165, 1.54) is 70.3 Å². The third-order valence-corrected chi connectivity index (χ3v) is 8.43. The molecular formula is C35H55N2O6P. The van der Waals surface area contributed by atoms with E-state index in [2.05, 4.69) is 17.2 Å². The summed E-state index contributed by atoms with van der Waals surface area (Å²) in [7, 11) is -2.70. The van der Waals surface area contributed by atoms with Gasteiger partial charge in [-0.25, -0.2) is 0 Å². The van der Waals surface area contributed by atoms with Crippen molar-refractivity contribution >= 4 is 13.5 Å². The Kier molecular flexibility index (Phi) is 18.0. The minimum Gasteiger partial charge on any atom is -0.496 e. The van der Waals surface area contributed by atoms with Crippen LogP contribution in [0, 0.1) is 13.8 Å². The summed E-state index contributed by atoms with van der Waals surface area (Å²) >= 11 is 0. The summed E-state index contributed by atoms with van der Waals surface area (Å²) in [6.07, 6.45) is 20.1. The first-order chi connectivity index (χ1) is 21.1. The summed E-state index contributed by atoms with van der Waals surface area (Å²) in [6, 6.07) is 6.94. The number of aryl methyl sites for hydroxylation is 1. The van der Waals surface area contributed by atoms with Gasteiger partial charge in [0.15, 0.2) is 0 Å². The van der Waals surface area contributed by atoms with E-state index in [0.717, 1.165) is 53.2 Å². The Morgan fingerprint density at radius 3 is 2.05 bits per heavy atom. The number of unbranched alkanes of at least 4 members (excludes halogenated alkanes) is 12. The average Bonchev–Trinajstić information content (AvgIpc) is 2.98. The molecule has 0 aliphatic carbocycles. The van der Waals surface area contributed by atoms with Crippen LogP contribution in [-0.2, 0) is 22.4 Å². The molecule has 0 fully saturated rings. The lowest BCUT2D eigenvalue weighted by atomic mass is 10.0. The number of benzene rings is 1. The lowest BCUT2D eigenvalue weighted by Crippen LogP contribution is -2.34. The van der Waals surface area contributed by atoms with Gasteiger partial charge in [-0.3, -0.25) is 14.3 Å². The first-order valence-electron chi connectivity index (χ1n) is 16.4. The predicted octanol–water partition coefficient (Wildman–Crippen LogP) is 8.49. The second-order valence-electron chi connectivity index (χ2n) is 11.8. The maximum absolute atomic E-state index is 12.7. The molecule has 246 valence electrons. The number of nitrogens with zero attached hydrogens (tertiary/aromatic N) is 1. The van der Waals surface area contributed by atoms with Crippen molar-refractivity contribution in [2.45, 2.75) is 130 Å². The number of hydrogen-bond acceptors (Lipinski definition) is 5. The minimum atomic E-state index is -4.35. The molecule has 0 saturated heterocycles. The van der Waals surface area contributed by atoms with Crippen molar-refractivity contribution in [3.05, 3.63) is 64.7 Å². The summed E-state index contributed by atoms with van der Waals surface area (Å²) in [4.78, 5) is 35.8. The molecular weight excluding hydrogens is 575 g/mol. The van der Waals surface area contributed by atoms with Crippen molar-refractivity contribution < 1.29 is 28.6 Å². The van der Waals surface area contributed by atoms with Gasteiger partial charge in [0, 0.05) is 29.6 Å². The standard InChI is InChI=1S/C35H55N2O6P/c1-5-6-7-8-9-10-11-12-13-14-15-16-17-18-34(38)37-31(23-24-44(39,40)41)25-30-19-21-32(22-20-30)43-27-33-29(3)35(42-4)28(2)26-36-33/h19-24,26,31H,5-18,25,27H2,1-4H3,(H,37,38)(H2,39,40,41)/b24-23+/t31-/m0/s1. The van der Waals surface area contributed by atoms with Crippen molar-refractivity contribution in [1.82, 2.24) is 10.3 Å². The van der Waals surface area contributed by atoms with E-state index in [0.29, 0.717) is 25.2 Å². The molecule has 0 unspecified atom stereocenters. The molecule has 8 nitrogen and oxygen atoms in total. The number of carbonyl (C=O) groups excluding carboxylic acids is 1. The lowest BCUT2D eigenvalue weighted by Gasteiger charge is -2.16. The van der Waals surface area contributed by atoms with E-state index < -0.39 is 13.6 Å². The summed E-state index contributed by atoms with van der Waals surface area (Å²) in [5.41, 5.74) is 3.62. The number of pyridine rings is 1. The topological polar surface area (TPSA) is 118 Å². The highest BCUT2D eigenvalue weighted by Gasteiger charge is 2.14. The van der Waals surface area contributed by atoms with Gasteiger partial charge in [-0.1, -0.05) is 102 Å². The molecule has 0 spiro atoms. The van der Waals surface area contributed by atoms with Gasteiger partial charge in [0.2, 0.25) is 5.91 Å². The normalized spacial score (nSPS) is 12.4. The smallest absolute Gasteiger partial charge is 0.348 e. The number of rotatable bonds is 23. The number of amides is 1. The number of methoxy groups -OCH3 is 1. The van der Waals surface area contributed by atoms with E-state index in [4.69, 9.17) is 9.47 Å². The van der Waals surface area contributed by atoms with Gasteiger partial charge in [-0.05, 0) is 44.4 Å². The molecule has 0 saturated carbocycles. The number of nitrogens with one attached hydrogen (secondary N) is 1. The van der Waals surface area contributed by atoms with Crippen LogP contribution in [0.5, 0.6) is 11.5 Å². The van der Waals surface area contributed by atoms with Crippen LogP contribution in [0.25, 0.3) is 0 Å². The molecule has 0 radical (unpaired) electrons. The zero-order chi connectivity index (χ0) is 32.2. The number of ether oxygens (including phenoxy) is 2. The highest BCUT2D eigenvalue weighted by molar-refractivity contribution is 7.55. The molecule has 0 aliphatic rings. The van der Waals surface area contributed by atoms with Gasteiger partial charge in [0.25, 0.3) is 0 Å². The molecule has 0 aliphatic heterocycles. The number of carbonyl (C=O) groups is 1. The predicted molar refractivity (Wildman–Crippen MR) is 178 cm³/mol. The monoisotopic (exact) mass is 630 g/mol. The Morgan fingerprint density at radius 1 is 0.932 bits per heavy atom. The van der Waals surface area contributed by atoms with Crippen LogP contribution in [0.1, 0.15) is 119 Å². The van der Waals surface area contributed by atoms with Crippen molar-refractivity contribution in [3.63, 3.8) is 0 Å². The van der Waals surface area contributed by atoms with Crippen molar-refractivity contribution in [3.8, 4) is 11.5 Å². The molecule has 0 bridgehead atoms. The van der Waals surface area contributed by atoms with Gasteiger partial charge in [-0.15, -0.1) is 0 Å². The first kappa shape index (κ1) is 37.5. The number of hydrogen-bond donors (Lipinski definition) is 3. The van der Waals surface area contributed by atoms with E-state index in [-0.39, 0.29) is 5.91 Å². The third kappa shape index (κ3) is 15.9. The van der Waals surface area contributed by atoms with Gasteiger partial charge in [0.1, 0.15) is 18.1 Å². The van der Waals surface area contributed by atoms with Crippen LogP contribution >= 0.6 is 7.60 Å². The largest absolute Gasteiger partial charge is 0.496 e. The summed E-state index contributed by atoms with van der Waals surface area (Å²) in [5, 5.41) is 2.94. The Bertz CT molecular complexity index is 1180. The van der Waals surface area contributed by atoms with E-state index in [9.17, 15) is 19.1 Å². The Morgan fingerprint density at radius 2 is 1.50 bits per heavy atom. The van der Waals surface area contributed by atoms with Crippen LogP contribution in [0.15, 0.2) is 42.4 Å².